The average Bonchev–Trinajstić information content (AvgIpc) is 2.65. The smallest absolute Gasteiger partial charge is 0.427 e. The van der Waals surface area contributed by atoms with Crippen LogP contribution in [0.2, 0.25) is 0 Å². The highest BCUT2D eigenvalue weighted by Crippen LogP contribution is 2.45. The van der Waals surface area contributed by atoms with Crippen LogP contribution in [0.3, 0.4) is 0 Å². The maximum Gasteiger partial charge on any atom is 0.482 e. The predicted molar refractivity (Wildman–Crippen MR) is 97.0 cm³/mol. The molecule has 146 valence electrons. The third kappa shape index (κ3) is 2.84. The van der Waals surface area contributed by atoms with Crippen LogP contribution in [0.5, 0.6) is 0 Å². The van der Waals surface area contributed by atoms with E-state index in [-0.39, 0.29) is 24.3 Å². The molecule has 1 N–H and O–H groups in total. The summed E-state index contributed by atoms with van der Waals surface area (Å²) in [5, 5.41) is 10.8. The fourth-order valence-electron chi connectivity index (χ4n) is 3.68. The van der Waals surface area contributed by atoms with Gasteiger partial charge in [-0.05, 0) is 38.5 Å². The quantitative estimate of drug-likeness (QED) is 0.877. The number of rotatable bonds is 3. The number of nitrogens with zero attached hydrogens (tertiary/aromatic N) is 3. The van der Waals surface area contributed by atoms with E-state index in [2.05, 4.69) is 9.97 Å². The highest BCUT2D eigenvalue weighted by Gasteiger charge is 2.59. The molecule has 0 bridgehead atoms. The molecule has 2 atom stereocenters. The zero-order chi connectivity index (χ0) is 20.1. The summed E-state index contributed by atoms with van der Waals surface area (Å²) in [5.74, 6) is -1.50. The summed E-state index contributed by atoms with van der Waals surface area (Å²) in [6.45, 7) is 3.02. The van der Waals surface area contributed by atoms with Gasteiger partial charge in [0.2, 0.25) is 0 Å². The minimum atomic E-state index is -4.01. The summed E-state index contributed by atoms with van der Waals surface area (Å²) < 4.78 is 33.6. The van der Waals surface area contributed by atoms with Gasteiger partial charge in [0.1, 0.15) is 11.3 Å². The van der Waals surface area contributed by atoms with Crippen molar-refractivity contribution in [2.75, 3.05) is 0 Å². The van der Waals surface area contributed by atoms with Crippen LogP contribution in [0, 0.1) is 0 Å². The maximum absolute atomic E-state index is 14.4. The number of hydrogen-bond acceptors (Lipinski definition) is 5. The lowest BCUT2D eigenvalue weighted by Gasteiger charge is -2.49. The SMILES string of the molecule is C[C@H](O)C1=C2OC(F)(F)C(=O)N(Cc3ccc4cnccc4n3)C2(C)CC=C1. The van der Waals surface area contributed by atoms with Crippen molar-refractivity contribution in [3.63, 3.8) is 0 Å². The molecule has 2 aromatic rings. The van der Waals surface area contributed by atoms with Gasteiger partial charge in [0.25, 0.3) is 0 Å². The van der Waals surface area contributed by atoms with E-state index in [0.29, 0.717) is 11.2 Å². The van der Waals surface area contributed by atoms with E-state index in [0.717, 1.165) is 10.3 Å². The normalized spacial score (nSPS) is 24.9. The standard InChI is InChI=1S/C20H19F2N3O3/c1-12(26)15-4-3-8-19(2)17(15)28-20(21,22)18(27)25(19)11-14-6-5-13-10-23-9-7-16(13)24-14/h3-7,9-10,12,26H,8,11H2,1-2H3/t12-,19?/m0/s1. The first-order chi connectivity index (χ1) is 13.2. The van der Waals surface area contributed by atoms with Crippen LogP contribution in [0.4, 0.5) is 8.78 Å². The Morgan fingerprint density at radius 3 is 2.89 bits per heavy atom. The van der Waals surface area contributed by atoms with Gasteiger partial charge >= 0.3 is 12.0 Å². The molecule has 2 aromatic heterocycles. The maximum atomic E-state index is 14.4. The Labute approximate surface area is 160 Å². The first-order valence-corrected chi connectivity index (χ1v) is 8.90. The van der Waals surface area contributed by atoms with Crippen molar-refractivity contribution in [1.29, 1.82) is 0 Å². The molecule has 1 aliphatic heterocycles. The van der Waals surface area contributed by atoms with Gasteiger partial charge in [0.15, 0.2) is 0 Å². The molecule has 0 saturated carbocycles. The fourth-order valence-corrected chi connectivity index (χ4v) is 3.68. The molecule has 0 radical (unpaired) electrons. The van der Waals surface area contributed by atoms with Crippen LogP contribution < -0.4 is 0 Å². The molecular weight excluding hydrogens is 368 g/mol. The first kappa shape index (κ1) is 18.5. The van der Waals surface area contributed by atoms with Crippen LogP contribution in [0.25, 0.3) is 10.9 Å². The number of morpholine rings is 1. The molecule has 28 heavy (non-hydrogen) atoms. The van der Waals surface area contributed by atoms with E-state index >= 15 is 0 Å². The lowest BCUT2D eigenvalue weighted by Crippen LogP contribution is -2.62. The predicted octanol–water partition coefficient (Wildman–Crippen LogP) is 2.93. The monoisotopic (exact) mass is 387 g/mol. The number of hydrogen-bond donors (Lipinski definition) is 1. The number of halogens is 2. The van der Waals surface area contributed by atoms with Gasteiger partial charge in [-0.25, -0.2) is 0 Å². The van der Waals surface area contributed by atoms with Crippen molar-refractivity contribution in [3.05, 3.63) is 59.8 Å². The van der Waals surface area contributed by atoms with Crippen molar-refractivity contribution < 1.29 is 23.4 Å². The molecule has 1 unspecified atom stereocenters. The van der Waals surface area contributed by atoms with E-state index < -0.39 is 23.7 Å². The van der Waals surface area contributed by atoms with Gasteiger partial charge in [0.05, 0.1) is 23.9 Å². The lowest BCUT2D eigenvalue weighted by molar-refractivity contribution is -0.254. The first-order valence-electron chi connectivity index (χ1n) is 8.90. The van der Waals surface area contributed by atoms with Gasteiger partial charge in [-0.2, -0.15) is 8.78 Å². The Balaban J connectivity index is 1.79. The number of amides is 1. The molecule has 4 rings (SSSR count). The van der Waals surface area contributed by atoms with Crippen LogP contribution in [-0.4, -0.2) is 43.6 Å². The number of fused-ring (bicyclic) bond motifs is 2. The van der Waals surface area contributed by atoms with Gasteiger partial charge in [-0.15, -0.1) is 0 Å². The molecule has 1 fully saturated rings. The Bertz CT molecular complexity index is 1020. The molecule has 3 heterocycles. The van der Waals surface area contributed by atoms with Crippen LogP contribution in [0.1, 0.15) is 26.0 Å². The van der Waals surface area contributed by atoms with Crippen molar-refractivity contribution in [1.82, 2.24) is 14.9 Å². The zero-order valence-corrected chi connectivity index (χ0v) is 15.4. The molecule has 0 spiro atoms. The van der Waals surface area contributed by atoms with Crippen LogP contribution in [0.15, 0.2) is 54.1 Å². The molecule has 6 nitrogen and oxygen atoms in total. The van der Waals surface area contributed by atoms with E-state index in [9.17, 15) is 18.7 Å². The van der Waals surface area contributed by atoms with Crippen molar-refractivity contribution >= 4 is 16.8 Å². The third-order valence-electron chi connectivity index (χ3n) is 5.20. The van der Waals surface area contributed by atoms with E-state index in [4.69, 9.17) is 4.74 Å². The number of pyridine rings is 2. The van der Waals surface area contributed by atoms with Gasteiger partial charge in [0, 0.05) is 23.4 Å². The molecule has 8 heteroatoms. The van der Waals surface area contributed by atoms with Crippen LogP contribution >= 0.6 is 0 Å². The molecule has 1 amide bonds. The van der Waals surface area contributed by atoms with Gasteiger partial charge in [-0.1, -0.05) is 12.2 Å². The highest BCUT2D eigenvalue weighted by atomic mass is 19.3. The van der Waals surface area contributed by atoms with Crippen molar-refractivity contribution in [2.45, 2.75) is 44.6 Å². The number of aromatic nitrogens is 2. The second-order valence-corrected chi connectivity index (χ2v) is 7.22. The number of ether oxygens (including phenoxy) is 1. The van der Waals surface area contributed by atoms with Gasteiger partial charge < -0.3 is 14.7 Å². The summed E-state index contributed by atoms with van der Waals surface area (Å²) in [6.07, 6.45) is 1.83. The van der Waals surface area contributed by atoms with Gasteiger partial charge in [-0.3, -0.25) is 14.8 Å². The van der Waals surface area contributed by atoms with Crippen LogP contribution in [-0.2, 0) is 16.1 Å². The fraction of sp³-hybridized carbons (Fsp3) is 0.350. The molecule has 0 aromatic carbocycles. The topological polar surface area (TPSA) is 75.6 Å². The Morgan fingerprint density at radius 1 is 1.36 bits per heavy atom. The van der Waals surface area contributed by atoms with E-state index in [1.165, 1.54) is 6.92 Å². The number of carbonyl (C=O) groups excluding carboxylic acids is 1. The number of aliphatic hydroxyl groups is 1. The minimum Gasteiger partial charge on any atom is -0.427 e. The molecule has 1 saturated heterocycles. The third-order valence-corrected chi connectivity index (χ3v) is 5.20. The Morgan fingerprint density at radius 2 is 2.14 bits per heavy atom. The second-order valence-electron chi connectivity index (χ2n) is 7.22. The summed E-state index contributed by atoms with van der Waals surface area (Å²) in [7, 11) is 0. The number of carbonyl (C=O) groups is 1. The molecular formula is C20H19F2N3O3. The summed E-state index contributed by atoms with van der Waals surface area (Å²) in [4.78, 5) is 22.1. The molecule has 2 aliphatic rings. The zero-order valence-electron chi connectivity index (χ0n) is 15.4. The average molecular weight is 387 g/mol. The Kier molecular flexibility index (Phi) is 4.19. The number of alkyl halides is 2. The summed E-state index contributed by atoms with van der Waals surface area (Å²) >= 11 is 0. The Hall–Kier alpha value is -2.87. The van der Waals surface area contributed by atoms with E-state index in [1.54, 1.807) is 49.7 Å². The summed E-state index contributed by atoms with van der Waals surface area (Å²) in [6, 6.07) is 5.19. The largest absolute Gasteiger partial charge is 0.482 e. The lowest BCUT2D eigenvalue weighted by atomic mass is 9.82. The van der Waals surface area contributed by atoms with Crippen molar-refractivity contribution in [3.8, 4) is 0 Å². The minimum absolute atomic E-state index is 0.0837. The van der Waals surface area contributed by atoms with Crippen molar-refractivity contribution in [2.24, 2.45) is 0 Å². The number of aliphatic hydroxyl groups excluding tert-OH is 1. The summed E-state index contributed by atoms with van der Waals surface area (Å²) in [5.41, 5.74) is 0.227. The highest BCUT2D eigenvalue weighted by molar-refractivity contribution is 5.85. The molecule has 1 aliphatic carbocycles. The van der Waals surface area contributed by atoms with E-state index in [1.807, 2.05) is 0 Å². The second kappa shape index (κ2) is 6.34.